The Morgan fingerprint density at radius 1 is 1.10 bits per heavy atom. The molecule has 1 aromatic heterocycles. The zero-order chi connectivity index (χ0) is 14.1. The van der Waals surface area contributed by atoms with Gasteiger partial charge < -0.3 is 15.4 Å². The van der Waals surface area contributed by atoms with E-state index in [-0.39, 0.29) is 11.6 Å². The molecule has 0 aliphatic carbocycles. The molecule has 20 heavy (non-hydrogen) atoms. The number of halogens is 1. The van der Waals surface area contributed by atoms with Crippen LogP contribution in [-0.2, 0) is 0 Å². The molecule has 0 saturated heterocycles. The summed E-state index contributed by atoms with van der Waals surface area (Å²) in [6.07, 6.45) is 0. The predicted molar refractivity (Wildman–Crippen MR) is 76.3 cm³/mol. The van der Waals surface area contributed by atoms with Gasteiger partial charge >= 0.3 is 0 Å². The van der Waals surface area contributed by atoms with Crippen molar-refractivity contribution in [3.8, 4) is 28.6 Å². The van der Waals surface area contributed by atoms with E-state index in [9.17, 15) is 5.11 Å². The Labute approximate surface area is 119 Å². The molecule has 3 rings (SSSR count). The maximum absolute atomic E-state index is 9.26. The van der Waals surface area contributed by atoms with Crippen molar-refractivity contribution in [2.24, 2.45) is 0 Å². The third-order valence-corrected chi connectivity index (χ3v) is 3.13. The topological polar surface area (TPSA) is 85.2 Å². The highest BCUT2D eigenvalue weighted by Gasteiger charge is 2.16. The molecule has 5 nitrogen and oxygen atoms in total. The lowest BCUT2D eigenvalue weighted by Crippen LogP contribution is -1.90. The molecule has 100 valence electrons. The van der Waals surface area contributed by atoms with Gasteiger partial charge in [0.05, 0.1) is 10.6 Å². The number of benzene rings is 2. The van der Waals surface area contributed by atoms with Crippen LogP contribution in [-0.4, -0.2) is 15.2 Å². The minimum Gasteiger partial charge on any atom is -0.508 e. The number of aromatic hydroxyl groups is 1. The highest BCUT2D eigenvalue weighted by Crippen LogP contribution is 2.33. The van der Waals surface area contributed by atoms with Crippen LogP contribution in [0.25, 0.3) is 22.8 Å². The molecular formula is C14H10ClN3O2. The summed E-state index contributed by atoms with van der Waals surface area (Å²) in [5.74, 6) is 0.836. The van der Waals surface area contributed by atoms with Crippen LogP contribution < -0.4 is 5.73 Å². The Kier molecular flexibility index (Phi) is 3.04. The Morgan fingerprint density at radius 3 is 2.55 bits per heavy atom. The van der Waals surface area contributed by atoms with Crippen LogP contribution in [0.15, 0.2) is 47.0 Å². The van der Waals surface area contributed by atoms with Crippen molar-refractivity contribution in [3.05, 3.63) is 47.5 Å². The predicted octanol–water partition coefficient (Wildman–Crippen LogP) is 3.34. The van der Waals surface area contributed by atoms with Crippen LogP contribution >= 0.6 is 11.6 Å². The van der Waals surface area contributed by atoms with E-state index in [2.05, 4.69) is 10.1 Å². The summed E-state index contributed by atoms with van der Waals surface area (Å²) in [6, 6.07) is 11.7. The summed E-state index contributed by atoms with van der Waals surface area (Å²) in [7, 11) is 0. The van der Waals surface area contributed by atoms with E-state index in [4.69, 9.17) is 21.9 Å². The zero-order valence-electron chi connectivity index (χ0n) is 10.2. The van der Waals surface area contributed by atoms with Gasteiger partial charge in [0.25, 0.3) is 5.89 Å². The van der Waals surface area contributed by atoms with E-state index >= 15 is 0 Å². The lowest BCUT2D eigenvalue weighted by molar-refractivity contribution is 0.432. The second-order valence-corrected chi connectivity index (χ2v) is 4.58. The van der Waals surface area contributed by atoms with Gasteiger partial charge in [-0.25, -0.2) is 0 Å². The molecule has 6 heteroatoms. The number of anilines is 1. The van der Waals surface area contributed by atoms with Crippen LogP contribution in [0.5, 0.6) is 5.75 Å². The summed E-state index contributed by atoms with van der Waals surface area (Å²) in [6.45, 7) is 0. The van der Waals surface area contributed by atoms with Gasteiger partial charge in [-0.05, 0) is 36.4 Å². The standard InChI is InChI=1S/C14H10ClN3O2/c15-10-2-1-3-11(16)12(10)14-17-13(18-20-14)8-4-6-9(19)7-5-8/h1-7,19H,16H2. The molecule has 0 saturated carbocycles. The van der Waals surface area contributed by atoms with Crippen molar-refractivity contribution < 1.29 is 9.63 Å². The highest BCUT2D eigenvalue weighted by atomic mass is 35.5. The van der Waals surface area contributed by atoms with Crippen LogP contribution in [0, 0.1) is 0 Å². The van der Waals surface area contributed by atoms with E-state index in [0.29, 0.717) is 22.1 Å². The Bertz CT molecular complexity index is 733. The summed E-state index contributed by atoms with van der Waals surface area (Å²) >= 11 is 6.10. The second-order valence-electron chi connectivity index (χ2n) is 4.17. The van der Waals surface area contributed by atoms with Crippen molar-refractivity contribution in [2.45, 2.75) is 0 Å². The summed E-state index contributed by atoms with van der Waals surface area (Å²) in [5.41, 5.74) is 7.59. The molecule has 0 fully saturated rings. The normalized spacial score (nSPS) is 10.7. The highest BCUT2D eigenvalue weighted by molar-refractivity contribution is 6.33. The molecule has 0 radical (unpaired) electrons. The van der Waals surface area contributed by atoms with Gasteiger partial charge in [-0.3, -0.25) is 0 Å². The second kappa shape index (κ2) is 4.86. The molecule has 0 bridgehead atoms. The van der Waals surface area contributed by atoms with Crippen LogP contribution in [0.2, 0.25) is 5.02 Å². The number of nitrogens with zero attached hydrogens (tertiary/aromatic N) is 2. The lowest BCUT2D eigenvalue weighted by atomic mass is 10.1. The molecule has 3 N–H and O–H groups in total. The number of aromatic nitrogens is 2. The average Bonchev–Trinajstić information content (AvgIpc) is 2.89. The summed E-state index contributed by atoms with van der Waals surface area (Å²) < 4.78 is 5.21. The largest absolute Gasteiger partial charge is 0.508 e. The van der Waals surface area contributed by atoms with Crippen LogP contribution in [0.4, 0.5) is 5.69 Å². The quantitative estimate of drug-likeness (QED) is 0.706. The first-order chi connectivity index (χ1) is 9.65. The van der Waals surface area contributed by atoms with Gasteiger partial charge in [-0.15, -0.1) is 0 Å². The van der Waals surface area contributed by atoms with Gasteiger partial charge in [0.15, 0.2) is 0 Å². The fourth-order valence-corrected chi connectivity index (χ4v) is 2.08. The Morgan fingerprint density at radius 2 is 1.85 bits per heavy atom. The molecule has 0 aliphatic heterocycles. The molecule has 0 spiro atoms. The van der Waals surface area contributed by atoms with Crippen molar-refractivity contribution in [2.75, 3.05) is 5.73 Å². The first-order valence-corrected chi connectivity index (χ1v) is 6.20. The molecular weight excluding hydrogens is 278 g/mol. The van der Waals surface area contributed by atoms with Crippen LogP contribution in [0.1, 0.15) is 0 Å². The Balaban J connectivity index is 2.04. The van der Waals surface area contributed by atoms with Gasteiger partial charge in [-0.1, -0.05) is 22.8 Å². The maximum Gasteiger partial charge on any atom is 0.261 e. The molecule has 2 aromatic carbocycles. The number of nitrogen functional groups attached to an aromatic ring is 1. The van der Waals surface area contributed by atoms with Crippen molar-refractivity contribution in [1.82, 2.24) is 10.1 Å². The summed E-state index contributed by atoms with van der Waals surface area (Å²) in [5, 5.41) is 13.6. The Hall–Kier alpha value is -2.53. The van der Waals surface area contributed by atoms with Crippen molar-refractivity contribution >= 4 is 17.3 Å². The van der Waals surface area contributed by atoms with E-state index in [1.165, 1.54) is 0 Å². The number of hydrogen-bond donors (Lipinski definition) is 2. The molecule has 0 unspecified atom stereocenters. The van der Waals surface area contributed by atoms with Gasteiger partial charge in [0.1, 0.15) is 5.75 Å². The van der Waals surface area contributed by atoms with E-state index in [1.54, 1.807) is 42.5 Å². The van der Waals surface area contributed by atoms with Gasteiger partial charge in [-0.2, -0.15) is 4.98 Å². The number of hydrogen-bond acceptors (Lipinski definition) is 5. The molecule has 1 heterocycles. The number of phenolic OH excluding ortho intramolecular Hbond substituents is 1. The first-order valence-electron chi connectivity index (χ1n) is 5.82. The van der Waals surface area contributed by atoms with Gasteiger partial charge in [0, 0.05) is 11.3 Å². The zero-order valence-corrected chi connectivity index (χ0v) is 11.0. The fraction of sp³-hybridized carbons (Fsp3) is 0. The molecule has 0 atom stereocenters. The van der Waals surface area contributed by atoms with E-state index in [0.717, 1.165) is 5.56 Å². The van der Waals surface area contributed by atoms with Crippen molar-refractivity contribution in [3.63, 3.8) is 0 Å². The molecule has 0 aliphatic rings. The number of phenols is 1. The first kappa shape index (κ1) is 12.5. The molecule has 0 amide bonds. The third-order valence-electron chi connectivity index (χ3n) is 2.81. The number of nitrogens with two attached hydrogens (primary N) is 1. The smallest absolute Gasteiger partial charge is 0.261 e. The average molecular weight is 288 g/mol. The van der Waals surface area contributed by atoms with Crippen LogP contribution in [0.3, 0.4) is 0 Å². The number of rotatable bonds is 2. The van der Waals surface area contributed by atoms with E-state index in [1.807, 2.05) is 0 Å². The lowest BCUT2D eigenvalue weighted by Gasteiger charge is -2.01. The molecule has 3 aromatic rings. The summed E-state index contributed by atoms with van der Waals surface area (Å²) in [4.78, 5) is 4.28. The van der Waals surface area contributed by atoms with E-state index < -0.39 is 0 Å². The minimum atomic E-state index is 0.174. The monoisotopic (exact) mass is 287 g/mol. The maximum atomic E-state index is 9.26. The van der Waals surface area contributed by atoms with Crippen molar-refractivity contribution in [1.29, 1.82) is 0 Å². The third kappa shape index (κ3) is 2.19. The fourth-order valence-electron chi connectivity index (χ4n) is 1.82. The minimum absolute atomic E-state index is 0.174. The van der Waals surface area contributed by atoms with Gasteiger partial charge in [0.2, 0.25) is 5.82 Å². The SMILES string of the molecule is Nc1cccc(Cl)c1-c1nc(-c2ccc(O)cc2)no1.